The highest BCUT2D eigenvalue weighted by Crippen LogP contribution is 2.26. The Kier molecular flexibility index (Phi) is 4.42. The number of aliphatic hydroxyl groups excluding tert-OH is 1. The van der Waals surface area contributed by atoms with Crippen LogP contribution in [0.1, 0.15) is 38.5 Å². The summed E-state index contributed by atoms with van der Waals surface area (Å²) >= 11 is 0. The van der Waals surface area contributed by atoms with E-state index in [9.17, 15) is 10.2 Å². The summed E-state index contributed by atoms with van der Waals surface area (Å²) < 4.78 is 5.29. The van der Waals surface area contributed by atoms with E-state index >= 15 is 0 Å². The first-order valence-corrected chi connectivity index (χ1v) is 6.79. The molecule has 2 N–H and O–H groups in total. The molecule has 1 heterocycles. The summed E-state index contributed by atoms with van der Waals surface area (Å²) in [5.41, 5.74) is -0.621. The predicted octanol–water partition coefficient (Wildman–Crippen LogP) is 0.763. The van der Waals surface area contributed by atoms with E-state index < -0.39 is 5.60 Å². The minimum absolute atomic E-state index is 0.218. The lowest BCUT2D eigenvalue weighted by Crippen LogP contribution is -2.52. The second kappa shape index (κ2) is 5.65. The van der Waals surface area contributed by atoms with Crippen LogP contribution < -0.4 is 0 Å². The number of hydrogen-bond donors (Lipinski definition) is 2. The SMILES string of the molecule is CN(CC1(O)CCOCC1)[C@H]1CCCC[C@H]1O. The zero-order chi connectivity index (χ0) is 12.3. The summed E-state index contributed by atoms with van der Waals surface area (Å²) in [4.78, 5) is 2.15. The van der Waals surface area contributed by atoms with Gasteiger partial charge in [0.2, 0.25) is 0 Å². The smallest absolute Gasteiger partial charge is 0.0817 e. The van der Waals surface area contributed by atoms with Gasteiger partial charge in [-0.25, -0.2) is 0 Å². The molecule has 0 aromatic carbocycles. The number of nitrogens with zero attached hydrogens (tertiary/aromatic N) is 1. The van der Waals surface area contributed by atoms with Crippen molar-refractivity contribution in [3.8, 4) is 0 Å². The summed E-state index contributed by atoms with van der Waals surface area (Å²) in [6, 6.07) is 0.218. The molecule has 0 spiro atoms. The van der Waals surface area contributed by atoms with E-state index in [1.807, 2.05) is 7.05 Å². The van der Waals surface area contributed by atoms with Crippen molar-refractivity contribution in [2.75, 3.05) is 26.8 Å². The van der Waals surface area contributed by atoms with Crippen LogP contribution in [0, 0.1) is 0 Å². The quantitative estimate of drug-likeness (QED) is 0.768. The van der Waals surface area contributed by atoms with Gasteiger partial charge in [-0.15, -0.1) is 0 Å². The van der Waals surface area contributed by atoms with E-state index in [4.69, 9.17) is 4.74 Å². The Balaban J connectivity index is 1.88. The van der Waals surface area contributed by atoms with Crippen LogP contribution >= 0.6 is 0 Å². The molecule has 1 saturated heterocycles. The van der Waals surface area contributed by atoms with Crippen LogP contribution in [-0.2, 0) is 4.74 Å². The molecule has 0 bridgehead atoms. The number of ether oxygens (including phenoxy) is 1. The second-order valence-corrected chi connectivity index (χ2v) is 5.67. The van der Waals surface area contributed by atoms with E-state index in [1.165, 1.54) is 6.42 Å². The molecule has 100 valence electrons. The fourth-order valence-corrected chi connectivity index (χ4v) is 3.10. The van der Waals surface area contributed by atoms with Crippen LogP contribution in [0.25, 0.3) is 0 Å². The third-order valence-electron chi connectivity index (χ3n) is 4.23. The molecule has 17 heavy (non-hydrogen) atoms. The summed E-state index contributed by atoms with van der Waals surface area (Å²) in [7, 11) is 2.02. The average molecular weight is 243 g/mol. The maximum absolute atomic E-state index is 10.5. The van der Waals surface area contributed by atoms with E-state index in [0.29, 0.717) is 32.6 Å². The zero-order valence-electron chi connectivity index (χ0n) is 10.8. The molecular formula is C13H25NO3. The molecule has 0 unspecified atom stereocenters. The minimum Gasteiger partial charge on any atom is -0.391 e. The molecule has 0 amide bonds. The van der Waals surface area contributed by atoms with Gasteiger partial charge in [0.15, 0.2) is 0 Å². The van der Waals surface area contributed by atoms with Gasteiger partial charge in [0, 0.05) is 38.6 Å². The standard InChI is InChI=1S/C13H25NO3/c1-14(11-4-2-3-5-12(11)15)10-13(16)6-8-17-9-7-13/h11-12,15-16H,2-10H2,1H3/t11-,12+/m0/s1. The lowest BCUT2D eigenvalue weighted by molar-refractivity contribution is -0.0908. The first-order chi connectivity index (χ1) is 8.11. The molecule has 1 aliphatic heterocycles. The summed E-state index contributed by atoms with van der Waals surface area (Å²) in [5.74, 6) is 0. The van der Waals surface area contributed by atoms with Gasteiger partial charge >= 0.3 is 0 Å². The number of aliphatic hydroxyl groups is 2. The van der Waals surface area contributed by atoms with Crippen molar-refractivity contribution in [1.82, 2.24) is 4.90 Å². The van der Waals surface area contributed by atoms with Crippen molar-refractivity contribution in [2.45, 2.75) is 56.3 Å². The lowest BCUT2D eigenvalue weighted by Gasteiger charge is -2.41. The Labute approximate surface area is 104 Å². The predicted molar refractivity (Wildman–Crippen MR) is 65.9 cm³/mol. The monoisotopic (exact) mass is 243 g/mol. The van der Waals surface area contributed by atoms with Gasteiger partial charge in [0.05, 0.1) is 11.7 Å². The van der Waals surface area contributed by atoms with Crippen molar-refractivity contribution in [3.05, 3.63) is 0 Å². The normalized spacial score (nSPS) is 33.9. The Morgan fingerprint density at radius 1 is 1.24 bits per heavy atom. The van der Waals surface area contributed by atoms with Crippen LogP contribution in [0.4, 0.5) is 0 Å². The molecule has 2 fully saturated rings. The van der Waals surface area contributed by atoms with E-state index in [0.717, 1.165) is 19.3 Å². The van der Waals surface area contributed by atoms with Crippen LogP contribution in [0.2, 0.25) is 0 Å². The largest absolute Gasteiger partial charge is 0.391 e. The number of hydrogen-bond acceptors (Lipinski definition) is 4. The summed E-state index contributed by atoms with van der Waals surface area (Å²) in [5, 5.41) is 20.5. The highest BCUT2D eigenvalue weighted by molar-refractivity contribution is 4.89. The van der Waals surface area contributed by atoms with Crippen molar-refractivity contribution >= 4 is 0 Å². The highest BCUT2D eigenvalue weighted by Gasteiger charge is 2.35. The van der Waals surface area contributed by atoms with Crippen molar-refractivity contribution < 1.29 is 14.9 Å². The van der Waals surface area contributed by atoms with Crippen LogP contribution in [0.15, 0.2) is 0 Å². The second-order valence-electron chi connectivity index (χ2n) is 5.67. The maximum Gasteiger partial charge on any atom is 0.0817 e. The van der Waals surface area contributed by atoms with Crippen LogP contribution in [0.3, 0.4) is 0 Å². The third-order valence-corrected chi connectivity index (χ3v) is 4.23. The maximum atomic E-state index is 10.5. The van der Waals surface area contributed by atoms with Gasteiger partial charge < -0.3 is 14.9 Å². The average Bonchev–Trinajstić information content (AvgIpc) is 2.29. The fraction of sp³-hybridized carbons (Fsp3) is 1.00. The van der Waals surface area contributed by atoms with Gasteiger partial charge in [-0.1, -0.05) is 12.8 Å². The van der Waals surface area contributed by atoms with E-state index in [1.54, 1.807) is 0 Å². The fourth-order valence-electron chi connectivity index (χ4n) is 3.10. The molecule has 2 rings (SSSR count). The minimum atomic E-state index is -0.621. The van der Waals surface area contributed by atoms with Gasteiger partial charge in [-0.2, -0.15) is 0 Å². The topological polar surface area (TPSA) is 52.9 Å². The molecule has 0 aromatic heterocycles. The van der Waals surface area contributed by atoms with Gasteiger partial charge in [-0.3, -0.25) is 4.90 Å². The molecule has 4 heteroatoms. The Hall–Kier alpha value is -0.160. The number of rotatable bonds is 3. The molecule has 1 saturated carbocycles. The van der Waals surface area contributed by atoms with Crippen molar-refractivity contribution in [3.63, 3.8) is 0 Å². The molecule has 2 aliphatic rings. The number of likely N-dealkylation sites (N-methyl/N-ethyl adjacent to an activating group) is 1. The van der Waals surface area contributed by atoms with Gasteiger partial charge in [0.25, 0.3) is 0 Å². The molecule has 0 radical (unpaired) electrons. The third kappa shape index (κ3) is 3.41. The highest BCUT2D eigenvalue weighted by atomic mass is 16.5. The molecule has 0 aromatic rings. The Morgan fingerprint density at radius 3 is 2.53 bits per heavy atom. The summed E-state index contributed by atoms with van der Waals surface area (Å²) in [6.07, 6.45) is 5.45. The first-order valence-electron chi connectivity index (χ1n) is 6.79. The van der Waals surface area contributed by atoms with Crippen LogP contribution in [0.5, 0.6) is 0 Å². The Bertz CT molecular complexity index is 241. The van der Waals surface area contributed by atoms with Crippen molar-refractivity contribution in [2.24, 2.45) is 0 Å². The van der Waals surface area contributed by atoms with Crippen molar-refractivity contribution in [1.29, 1.82) is 0 Å². The molecule has 1 aliphatic carbocycles. The molecule has 4 nitrogen and oxygen atoms in total. The van der Waals surface area contributed by atoms with Gasteiger partial charge in [-0.05, 0) is 19.9 Å². The lowest BCUT2D eigenvalue weighted by atomic mass is 9.89. The van der Waals surface area contributed by atoms with Crippen LogP contribution in [-0.4, -0.2) is 59.7 Å². The van der Waals surface area contributed by atoms with E-state index in [2.05, 4.69) is 4.90 Å². The molecular weight excluding hydrogens is 218 g/mol. The molecule has 2 atom stereocenters. The summed E-state index contributed by atoms with van der Waals surface area (Å²) in [6.45, 7) is 1.95. The Morgan fingerprint density at radius 2 is 1.88 bits per heavy atom. The van der Waals surface area contributed by atoms with E-state index in [-0.39, 0.29) is 12.1 Å². The zero-order valence-corrected chi connectivity index (χ0v) is 10.8. The first kappa shape index (κ1) is 13.3. The van der Waals surface area contributed by atoms with Gasteiger partial charge in [0.1, 0.15) is 0 Å².